The first-order valence-corrected chi connectivity index (χ1v) is 15.1. The maximum absolute atomic E-state index is 14.7. The number of nitrogens with two attached hydrogens (primary N) is 1. The average Bonchev–Trinajstić information content (AvgIpc) is 3.61. The van der Waals surface area contributed by atoms with Crippen LogP contribution in [0.5, 0.6) is 0 Å². The van der Waals surface area contributed by atoms with Crippen LogP contribution in [0.1, 0.15) is 53.6 Å². The van der Waals surface area contributed by atoms with Crippen molar-refractivity contribution in [3.8, 4) is 0 Å². The number of anilines is 1. The maximum atomic E-state index is 14.7. The van der Waals surface area contributed by atoms with E-state index in [-0.39, 0.29) is 58.2 Å². The van der Waals surface area contributed by atoms with Crippen molar-refractivity contribution in [3.63, 3.8) is 0 Å². The van der Waals surface area contributed by atoms with Gasteiger partial charge in [0.2, 0.25) is 0 Å². The van der Waals surface area contributed by atoms with Gasteiger partial charge >= 0.3 is 12.1 Å². The SMILES string of the molecule is COC(=O)c1cc(F)c2nc(N3CC4C[C@@H](OCC(C(=O)C5CC5)=C(N)c5ccccc5C(F)(F)F)CC[C@@H]4C3)sc2c1. The molecule has 7 nitrogen and oxygen atoms in total. The summed E-state index contributed by atoms with van der Waals surface area (Å²) < 4.78 is 67.3. The van der Waals surface area contributed by atoms with Gasteiger partial charge in [-0.15, -0.1) is 0 Å². The Kier molecular flexibility index (Phi) is 7.93. The molecule has 228 valence electrons. The number of aromatic nitrogens is 1. The maximum Gasteiger partial charge on any atom is 0.417 e. The van der Waals surface area contributed by atoms with Crippen molar-refractivity contribution in [2.75, 3.05) is 31.7 Å². The number of hydrogen-bond acceptors (Lipinski definition) is 8. The molecule has 12 heteroatoms. The van der Waals surface area contributed by atoms with Crippen LogP contribution < -0.4 is 10.6 Å². The van der Waals surface area contributed by atoms with E-state index in [1.54, 1.807) is 6.07 Å². The van der Waals surface area contributed by atoms with Crippen LogP contribution in [-0.2, 0) is 20.4 Å². The third kappa shape index (κ3) is 5.99. The predicted octanol–water partition coefficient (Wildman–Crippen LogP) is 6.21. The molecule has 3 atom stereocenters. The van der Waals surface area contributed by atoms with Crippen LogP contribution in [0, 0.1) is 23.6 Å². The lowest BCUT2D eigenvalue weighted by molar-refractivity contribution is -0.137. The Labute approximate surface area is 249 Å². The standard InChI is InChI=1S/C31H31F4N3O4S/c1-41-29(40)18-11-24(32)27-25(12-18)43-30(37-27)38-13-17-8-9-20(10-19(17)14-38)42-15-22(28(39)16-6-7-16)26(36)21-4-2-3-5-23(21)31(33,34)35/h2-5,11-12,16-17,19-20H,6-10,13-15,36H2,1H3/t17-,19?,20+/m1/s1. The summed E-state index contributed by atoms with van der Waals surface area (Å²) in [5.41, 5.74) is 5.47. The van der Waals surface area contributed by atoms with Gasteiger partial charge < -0.3 is 20.1 Å². The van der Waals surface area contributed by atoms with Crippen molar-refractivity contribution in [1.29, 1.82) is 0 Å². The van der Waals surface area contributed by atoms with Crippen molar-refractivity contribution in [3.05, 3.63) is 64.5 Å². The number of alkyl halides is 3. The number of ketones is 1. The summed E-state index contributed by atoms with van der Waals surface area (Å²) in [4.78, 5) is 31.7. The lowest BCUT2D eigenvalue weighted by Crippen LogP contribution is -2.30. The Morgan fingerprint density at radius 1 is 1.09 bits per heavy atom. The molecule has 2 aromatic carbocycles. The highest BCUT2D eigenvalue weighted by Gasteiger charge is 2.40. The average molecular weight is 618 g/mol. The van der Waals surface area contributed by atoms with Gasteiger partial charge in [-0.1, -0.05) is 29.5 Å². The Bertz CT molecular complexity index is 1600. The molecule has 3 fully saturated rings. The molecule has 2 heterocycles. The summed E-state index contributed by atoms with van der Waals surface area (Å²) >= 11 is 1.33. The molecule has 1 saturated heterocycles. The molecule has 2 saturated carbocycles. The van der Waals surface area contributed by atoms with Crippen LogP contribution in [0.25, 0.3) is 15.9 Å². The summed E-state index contributed by atoms with van der Waals surface area (Å²) in [6.45, 7) is 1.31. The van der Waals surface area contributed by atoms with Crippen molar-refractivity contribution >= 4 is 44.1 Å². The third-order valence-electron chi connectivity index (χ3n) is 8.69. The fraction of sp³-hybridized carbons (Fsp3) is 0.452. The summed E-state index contributed by atoms with van der Waals surface area (Å²) in [6.07, 6.45) is -1.06. The molecule has 0 bridgehead atoms. The molecule has 1 aromatic heterocycles. The van der Waals surface area contributed by atoms with Crippen LogP contribution in [0.3, 0.4) is 0 Å². The molecule has 0 amide bonds. The van der Waals surface area contributed by atoms with E-state index in [1.165, 1.54) is 36.6 Å². The Hall–Kier alpha value is -3.51. The summed E-state index contributed by atoms with van der Waals surface area (Å²) in [5, 5.41) is 0.680. The fourth-order valence-corrected chi connectivity index (χ4v) is 7.28. The van der Waals surface area contributed by atoms with E-state index >= 15 is 0 Å². The minimum atomic E-state index is -4.61. The molecule has 3 aliphatic rings. The number of thiazole rings is 1. The third-order valence-corrected chi connectivity index (χ3v) is 9.75. The minimum Gasteiger partial charge on any atom is -0.465 e. The topological polar surface area (TPSA) is 94.7 Å². The molecule has 2 N–H and O–H groups in total. The van der Waals surface area contributed by atoms with Crippen molar-refractivity contribution in [2.24, 2.45) is 23.5 Å². The number of hydrogen-bond donors (Lipinski definition) is 1. The molecule has 43 heavy (non-hydrogen) atoms. The van der Waals surface area contributed by atoms with Crippen LogP contribution >= 0.6 is 11.3 Å². The monoisotopic (exact) mass is 617 g/mol. The second-order valence-electron chi connectivity index (χ2n) is 11.5. The quantitative estimate of drug-likeness (QED) is 0.182. The number of esters is 1. The van der Waals surface area contributed by atoms with Gasteiger partial charge in [-0.2, -0.15) is 13.2 Å². The van der Waals surface area contributed by atoms with Gasteiger partial charge in [0.25, 0.3) is 0 Å². The number of halogens is 4. The minimum absolute atomic E-state index is 0.109. The summed E-state index contributed by atoms with van der Waals surface area (Å²) in [6, 6.07) is 7.75. The largest absolute Gasteiger partial charge is 0.465 e. The number of benzene rings is 2. The number of rotatable bonds is 8. The Balaban J connectivity index is 1.16. The van der Waals surface area contributed by atoms with Gasteiger partial charge in [0.05, 0.1) is 35.6 Å². The molecule has 0 radical (unpaired) electrons. The number of ether oxygens (including phenoxy) is 2. The first-order chi connectivity index (χ1) is 20.5. The van der Waals surface area contributed by atoms with E-state index in [1.807, 2.05) is 0 Å². The van der Waals surface area contributed by atoms with Crippen molar-refractivity contribution in [1.82, 2.24) is 4.98 Å². The molecule has 3 aromatic rings. The van der Waals surface area contributed by atoms with E-state index < -0.39 is 23.5 Å². The van der Waals surface area contributed by atoms with E-state index in [0.29, 0.717) is 35.1 Å². The normalized spacial score (nSPS) is 22.8. The van der Waals surface area contributed by atoms with Crippen molar-refractivity contribution in [2.45, 2.75) is 44.4 Å². The van der Waals surface area contributed by atoms with Gasteiger partial charge in [0.15, 0.2) is 16.7 Å². The highest BCUT2D eigenvalue weighted by Crippen LogP contribution is 2.42. The first-order valence-electron chi connectivity index (χ1n) is 14.3. The zero-order valence-corrected chi connectivity index (χ0v) is 24.3. The number of Topliss-reactive ketones (excluding diaryl/α,β-unsaturated/α-hetero) is 1. The molecule has 1 unspecified atom stereocenters. The van der Waals surface area contributed by atoms with Gasteiger partial charge in [0, 0.05) is 35.8 Å². The van der Waals surface area contributed by atoms with Gasteiger partial charge in [-0.25, -0.2) is 14.2 Å². The van der Waals surface area contributed by atoms with Crippen molar-refractivity contribution < 1.29 is 36.6 Å². The first kappa shape index (κ1) is 29.6. The van der Waals surface area contributed by atoms with Gasteiger partial charge in [-0.3, -0.25) is 4.79 Å². The molecular weight excluding hydrogens is 586 g/mol. The smallest absolute Gasteiger partial charge is 0.417 e. The number of nitrogens with zero attached hydrogens (tertiary/aromatic N) is 2. The molecule has 0 spiro atoms. The molecule has 1 aliphatic heterocycles. The van der Waals surface area contributed by atoms with E-state index in [9.17, 15) is 27.2 Å². The summed E-state index contributed by atoms with van der Waals surface area (Å²) in [5.74, 6) is -1.00. The zero-order chi connectivity index (χ0) is 30.5. The van der Waals surface area contributed by atoms with Crippen LogP contribution in [-0.4, -0.2) is 49.6 Å². The number of carbonyl (C=O) groups is 2. The summed E-state index contributed by atoms with van der Waals surface area (Å²) in [7, 11) is 1.25. The van der Waals surface area contributed by atoms with Gasteiger partial charge in [0.1, 0.15) is 5.52 Å². The second kappa shape index (κ2) is 11.5. The van der Waals surface area contributed by atoms with E-state index in [0.717, 1.165) is 37.9 Å². The Morgan fingerprint density at radius 2 is 1.84 bits per heavy atom. The van der Waals surface area contributed by atoms with E-state index in [4.69, 9.17) is 15.2 Å². The number of methoxy groups -OCH3 is 1. The number of carbonyl (C=O) groups excluding carboxylic acids is 2. The molecule has 6 rings (SSSR count). The lowest BCUT2D eigenvalue weighted by atomic mass is 9.80. The number of fused-ring (bicyclic) bond motifs is 2. The molecule has 2 aliphatic carbocycles. The Morgan fingerprint density at radius 3 is 2.56 bits per heavy atom. The van der Waals surface area contributed by atoms with Crippen LogP contribution in [0.2, 0.25) is 0 Å². The fourth-order valence-electron chi connectivity index (χ4n) is 6.25. The zero-order valence-electron chi connectivity index (χ0n) is 23.5. The predicted molar refractivity (Wildman–Crippen MR) is 154 cm³/mol. The highest BCUT2D eigenvalue weighted by atomic mass is 32.1. The van der Waals surface area contributed by atoms with Gasteiger partial charge in [-0.05, 0) is 62.1 Å². The lowest BCUT2D eigenvalue weighted by Gasteiger charge is -2.31. The van der Waals surface area contributed by atoms with Crippen LogP contribution in [0.15, 0.2) is 42.0 Å². The highest BCUT2D eigenvalue weighted by molar-refractivity contribution is 7.22. The van der Waals surface area contributed by atoms with E-state index in [2.05, 4.69) is 9.88 Å². The second-order valence-corrected chi connectivity index (χ2v) is 12.5. The molecular formula is C31H31F4N3O4S. The van der Waals surface area contributed by atoms with Crippen LogP contribution in [0.4, 0.5) is 22.7 Å².